The predicted octanol–water partition coefficient (Wildman–Crippen LogP) is 3.58. The van der Waals surface area contributed by atoms with E-state index in [0.717, 1.165) is 52.5 Å². The summed E-state index contributed by atoms with van der Waals surface area (Å²) in [5.41, 5.74) is 7.62. The van der Waals surface area contributed by atoms with Crippen molar-refractivity contribution in [3.8, 4) is 28.1 Å². The number of aliphatic hydroxyl groups is 1. The van der Waals surface area contributed by atoms with Gasteiger partial charge in [-0.1, -0.05) is 17.3 Å². The van der Waals surface area contributed by atoms with Crippen LogP contribution in [0.5, 0.6) is 5.75 Å². The molecule has 0 spiro atoms. The molecule has 1 aliphatic heterocycles. The first-order valence-electron chi connectivity index (χ1n) is 10.8. The highest BCUT2D eigenvalue weighted by atomic mass is 16.5. The molecule has 8 heteroatoms. The Labute approximate surface area is 186 Å². The lowest BCUT2D eigenvalue weighted by molar-refractivity contribution is 0.201. The van der Waals surface area contributed by atoms with Crippen LogP contribution < -0.4 is 10.1 Å². The van der Waals surface area contributed by atoms with Gasteiger partial charge in [-0.3, -0.25) is 4.68 Å². The van der Waals surface area contributed by atoms with Crippen molar-refractivity contribution in [2.45, 2.75) is 25.9 Å². The molecule has 3 heterocycles. The van der Waals surface area contributed by atoms with Crippen molar-refractivity contribution >= 4 is 5.69 Å². The van der Waals surface area contributed by atoms with Gasteiger partial charge in [0.05, 0.1) is 30.2 Å². The Balaban J connectivity index is 1.52. The number of ether oxygens (including phenoxy) is 1. The van der Waals surface area contributed by atoms with Crippen LogP contribution in [0, 0.1) is 6.92 Å². The molecule has 5 rings (SSSR count). The van der Waals surface area contributed by atoms with E-state index in [1.807, 2.05) is 60.0 Å². The van der Waals surface area contributed by atoms with E-state index in [9.17, 15) is 0 Å². The van der Waals surface area contributed by atoms with Crippen LogP contribution in [0.3, 0.4) is 0 Å². The summed E-state index contributed by atoms with van der Waals surface area (Å²) in [6, 6.07) is 14.5. The number of hydrogen-bond acceptors (Lipinski definition) is 6. The molecule has 1 atom stereocenters. The van der Waals surface area contributed by atoms with Gasteiger partial charge >= 0.3 is 0 Å². The van der Waals surface area contributed by atoms with Crippen LogP contribution in [0.15, 0.2) is 54.9 Å². The third kappa shape index (κ3) is 3.85. The van der Waals surface area contributed by atoms with E-state index in [1.165, 1.54) is 5.56 Å². The fraction of sp³-hybridized carbons (Fsp3) is 0.292. The molecule has 0 amide bonds. The van der Waals surface area contributed by atoms with E-state index in [-0.39, 0.29) is 12.6 Å². The highest BCUT2D eigenvalue weighted by molar-refractivity contribution is 5.74. The number of rotatable bonds is 6. The molecule has 0 aliphatic carbocycles. The number of benzene rings is 2. The summed E-state index contributed by atoms with van der Waals surface area (Å²) in [6.07, 6.45) is 4.80. The molecule has 2 aromatic heterocycles. The summed E-state index contributed by atoms with van der Waals surface area (Å²) in [6.45, 7) is 3.08. The highest BCUT2D eigenvalue weighted by Crippen LogP contribution is 2.39. The predicted molar refractivity (Wildman–Crippen MR) is 122 cm³/mol. The Bertz CT molecular complexity index is 1230. The first kappa shape index (κ1) is 20.3. The second kappa shape index (κ2) is 8.47. The van der Waals surface area contributed by atoms with Gasteiger partial charge in [-0.2, -0.15) is 5.10 Å². The number of nitrogens with one attached hydrogen (secondary N) is 1. The van der Waals surface area contributed by atoms with Crippen LogP contribution in [0.25, 0.3) is 22.4 Å². The van der Waals surface area contributed by atoms with Gasteiger partial charge in [0.2, 0.25) is 0 Å². The molecule has 164 valence electrons. The topological polar surface area (TPSA) is 90.0 Å². The van der Waals surface area contributed by atoms with Crippen molar-refractivity contribution in [1.29, 1.82) is 0 Å². The summed E-state index contributed by atoms with van der Waals surface area (Å²) in [5, 5.41) is 25.7. The standard InChI is InChI=1S/C24H26N6O2/c1-16-24-21-8-3-17(18-14-25-29(2)15-18)13-22(21)23(9-10-30(24)28-27-16)26-19-4-6-20(7-5-19)32-12-11-31/h3-8,13-15,23,26,31H,9-12H2,1-2H3. The zero-order chi connectivity index (χ0) is 22.1. The molecular weight excluding hydrogens is 404 g/mol. The maximum absolute atomic E-state index is 8.95. The summed E-state index contributed by atoms with van der Waals surface area (Å²) in [4.78, 5) is 0. The number of aromatic nitrogens is 5. The van der Waals surface area contributed by atoms with Gasteiger partial charge < -0.3 is 15.2 Å². The van der Waals surface area contributed by atoms with Crippen molar-refractivity contribution in [2.24, 2.45) is 7.05 Å². The molecule has 0 saturated carbocycles. The molecule has 2 N–H and O–H groups in total. The molecule has 0 radical (unpaired) electrons. The van der Waals surface area contributed by atoms with Crippen molar-refractivity contribution in [3.05, 3.63) is 66.1 Å². The fourth-order valence-electron chi connectivity index (χ4n) is 4.28. The quantitative estimate of drug-likeness (QED) is 0.486. The van der Waals surface area contributed by atoms with E-state index in [2.05, 4.69) is 38.9 Å². The minimum Gasteiger partial charge on any atom is -0.491 e. The second-order valence-corrected chi connectivity index (χ2v) is 8.03. The molecule has 8 nitrogen and oxygen atoms in total. The Kier molecular flexibility index (Phi) is 5.36. The van der Waals surface area contributed by atoms with E-state index < -0.39 is 0 Å². The Morgan fingerprint density at radius 2 is 2.00 bits per heavy atom. The maximum atomic E-state index is 8.95. The van der Waals surface area contributed by atoms with E-state index in [1.54, 1.807) is 0 Å². The van der Waals surface area contributed by atoms with Crippen LogP contribution >= 0.6 is 0 Å². The van der Waals surface area contributed by atoms with E-state index in [4.69, 9.17) is 9.84 Å². The SMILES string of the molecule is Cc1nnn2c1-c1ccc(-c3cnn(C)c3)cc1C(Nc1ccc(OCCO)cc1)CC2. The Morgan fingerprint density at radius 3 is 2.75 bits per heavy atom. The Hall–Kier alpha value is -3.65. The van der Waals surface area contributed by atoms with Gasteiger partial charge in [0, 0.05) is 36.6 Å². The first-order chi connectivity index (χ1) is 15.6. The van der Waals surface area contributed by atoms with Gasteiger partial charge in [0.1, 0.15) is 12.4 Å². The van der Waals surface area contributed by atoms with E-state index in [0.29, 0.717) is 6.61 Å². The number of anilines is 1. The van der Waals surface area contributed by atoms with Crippen LogP contribution in [0.2, 0.25) is 0 Å². The van der Waals surface area contributed by atoms with Crippen LogP contribution in [-0.4, -0.2) is 43.1 Å². The van der Waals surface area contributed by atoms with Crippen LogP contribution in [0.1, 0.15) is 23.7 Å². The lowest BCUT2D eigenvalue weighted by Crippen LogP contribution is -2.13. The summed E-state index contributed by atoms with van der Waals surface area (Å²) in [5.74, 6) is 0.742. The van der Waals surface area contributed by atoms with Crippen molar-refractivity contribution in [1.82, 2.24) is 24.8 Å². The van der Waals surface area contributed by atoms with Crippen molar-refractivity contribution in [2.75, 3.05) is 18.5 Å². The zero-order valence-corrected chi connectivity index (χ0v) is 18.2. The molecule has 0 bridgehead atoms. The monoisotopic (exact) mass is 430 g/mol. The number of nitrogens with zero attached hydrogens (tertiary/aromatic N) is 5. The van der Waals surface area contributed by atoms with Gasteiger partial charge in [-0.05, 0) is 54.8 Å². The van der Waals surface area contributed by atoms with Gasteiger partial charge in [-0.15, -0.1) is 5.10 Å². The molecule has 0 fully saturated rings. The third-order valence-corrected chi connectivity index (χ3v) is 5.81. The average Bonchev–Trinajstić information content (AvgIpc) is 3.37. The second-order valence-electron chi connectivity index (χ2n) is 8.03. The number of aliphatic hydroxyl groups excluding tert-OH is 1. The van der Waals surface area contributed by atoms with Gasteiger partial charge in [0.15, 0.2) is 0 Å². The molecule has 1 aliphatic rings. The third-order valence-electron chi connectivity index (χ3n) is 5.81. The minimum absolute atomic E-state index is 0.00122. The van der Waals surface area contributed by atoms with Crippen molar-refractivity contribution < 1.29 is 9.84 Å². The van der Waals surface area contributed by atoms with E-state index >= 15 is 0 Å². The zero-order valence-electron chi connectivity index (χ0n) is 18.2. The lowest BCUT2D eigenvalue weighted by atomic mass is 9.93. The average molecular weight is 431 g/mol. The number of fused-ring (bicyclic) bond motifs is 3. The van der Waals surface area contributed by atoms with Crippen LogP contribution in [-0.2, 0) is 13.6 Å². The number of hydrogen-bond donors (Lipinski definition) is 2. The summed E-state index contributed by atoms with van der Waals surface area (Å²) >= 11 is 0. The summed E-state index contributed by atoms with van der Waals surface area (Å²) < 4.78 is 9.31. The Morgan fingerprint density at radius 1 is 1.16 bits per heavy atom. The normalized spacial score (nSPS) is 15.0. The minimum atomic E-state index is 0.00122. The largest absolute Gasteiger partial charge is 0.491 e. The van der Waals surface area contributed by atoms with Gasteiger partial charge in [0.25, 0.3) is 0 Å². The number of aryl methyl sites for hydroxylation is 3. The summed E-state index contributed by atoms with van der Waals surface area (Å²) in [7, 11) is 1.93. The molecule has 0 saturated heterocycles. The molecule has 1 unspecified atom stereocenters. The van der Waals surface area contributed by atoms with Gasteiger partial charge in [-0.25, -0.2) is 4.68 Å². The van der Waals surface area contributed by atoms with Crippen molar-refractivity contribution in [3.63, 3.8) is 0 Å². The van der Waals surface area contributed by atoms with Crippen LogP contribution in [0.4, 0.5) is 5.69 Å². The molecule has 32 heavy (non-hydrogen) atoms. The first-order valence-corrected chi connectivity index (χ1v) is 10.8. The molecular formula is C24H26N6O2. The lowest BCUT2D eigenvalue weighted by Gasteiger charge is -2.21. The molecule has 4 aromatic rings. The highest BCUT2D eigenvalue weighted by Gasteiger charge is 2.25. The molecule has 2 aromatic carbocycles. The fourth-order valence-corrected chi connectivity index (χ4v) is 4.28. The maximum Gasteiger partial charge on any atom is 0.119 e. The smallest absolute Gasteiger partial charge is 0.119 e.